The topological polar surface area (TPSA) is 86.8 Å². The van der Waals surface area contributed by atoms with E-state index in [0.29, 0.717) is 18.7 Å². The van der Waals surface area contributed by atoms with Crippen LogP contribution in [0.4, 0.5) is 5.69 Å². The maximum absolute atomic E-state index is 13.4. The molecule has 0 spiro atoms. The third-order valence-electron chi connectivity index (χ3n) is 5.75. The number of anilines is 1. The number of rotatable bonds is 10. The van der Waals surface area contributed by atoms with Crippen LogP contribution in [0.2, 0.25) is 0 Å². The van der Waals surface area contributed by atoms with Crippen molar-refractivity contribution in [3.05, 3.63) is 64.7 Å². The highest BCUT2D eigenvalue weighted by atomic mass is 32.2. The first-order valence-corrected chi connectivity index (χ1v) is 14.1. The maximum Gasteiger partial charge on any atom is 0.242 e. The second kappa shape index (κ2) is 11.9. The Labute approximate surface area is 216 Å². The van der Waals surface area contributed by atoms with E-state index in [1.165, 1.54) is 10.6 Å². The van der Waals surface area contributed by atoms with Crippen molar-refractivity contribution in [3.63, 3.8) is 0 Å². The van der Waals surface area contributed by atoms with Crippen LogP contribution in [0.5, 0.6) is 0 Å². The molecule has 2 amide bonds. The Bertz CT molecular complexity index is 1170. The van der Waals surface area contributed by atoms with E-state index in [1.807, 2.05) is 84.0 Å². The van der Waals surface area contributed by atoms with Gasteiger partial charge in [-0.15, -0.1) is 0 Å². The van der Waals surface area contributed by atoms with Crippen LogP contribution in [0.1, 0.15) is 62.8 Å². The first-order valence-electron chi connectivity index (χ1n) is 12.3. The number of hydrogen-bond donors (Lipinski definition) is 1. The lowest BCUT2D eigenvalue weighted by Crippen LogP contribution is -2.52. The lowest BCUT2D eigenvalue weighted by molar-refractivity contribution is -0.141. The van der Waals surface area contributed by atoms with Crippen molar-refractivity contribution in [1.82, 2.24) is 10.2 Å². The number of hydrogen-bond acceptors (Lipinski definition) is 4. The van der Waals surface area contributed by atoms with Crippen molar-refractivity contribution >= 4 is 27.5 Å². The summed E-state index contributed by atoms with van der Waals surface area (Å²) < 4.78 is 26.4. The van der Waals surface area contributed by atoms with Crippen LogP contribution in [0.25, 0.3) is 0 Å². The largest absolute Gasteiger partial charge is 0.350 e. The van der Waals surface area contributed by atoms with Crippen molar-refractivity contribution < 1.29 is 18.0 Å². The van der Waals surface area contributed by atoms with E-state index in [4.69, 9.17) is 0 Å². The summed E-state index contributed by atoms with van der Waals surface area (Å²) in [4.78, 5) is 27.9. The molecule has 1 atom stereocenters. The highest BCUT2D eigenvalue weighted by Gasteiger charge is 2.28. The lowest BCUT2D eigenvalue weighted by Gasteiger charge is -2.32. The van der Waals surface area contributed by atoms with Crippen LogP contribution in [0, 0.1) is 20.8 Å². The quantitative estimate of drug-likeness (QED) is 0.505. The van der Waals surface area contributed by atoms with Gasteiger partial charge in [0.1, 0.15) is 6.04 Å². The molecule has 198 valence electrons. The van der Waals surface area contributed by atoms with Crippen LogP contribution in [-0.4, -0.2) is 49.5 Å². The normalized spacial score (nSPS) is 12.7. The van der Waals surface area contributed by atoms with E-state index < -0.39 is 21.6 Å². The number of amides is 2. The van der Waals surface area contributed by atoms with Gasteiger partial charge in [0, 0.05) is 25.0 Å². The fourth-order valence-electron chi connectivity index (χ4n) is 4.16. The predicted octanol–water partition coefficient (Wildman–Crippen LogP) is 4.49. The zero-order valence-electron chi connectivity index (χ0n) is 22.9. The molecular formula is C28H41N3O4S. The van der Waals surface area contributed by atoms with Crippen molar-refractivity contribution in [1.29, 1.82) is 0 Å². The zero-order valence-corrected chi connectivity index (χ0v) is 23.7. The first kappa shape index (κ1) is 29.4. The summed E-state index contributed by atoms with van der Waals surface area (Å²) in [6.07, 6.45) is 1.63. The summed E-state index contributed by atoms with van der Waals surface area (Å²) in [5, 5.41) is 2.96. The Morgan fingerprint density at radius 1 is 0.972 bits per heavy atom. The van der Waals surface area contributed by atoms with Crippen molar-refractivity contribution in [2.75, 3.05) is 17.1 Å². The molecule has 0 heterocycles. The van der Waals surface area contributed by atoms with Crippen molar-refractivity contribution in [3.8, 4) is 0 Å². The van der Waals surface area contributed by atoms with Gasteiger partial charge in [0.25, 0.3) is 0 Å². The summed E-state index contributed by atoms with van der Waals surface area (Å²) in [5.41, 5.74) is 4.12. The molecule has 0 aliphatic rings. The smallest absolute Gasteiger partial charge is 0.242 e. The summed E-state index contributed by atoms with van der Waals surface area (Å²) in [6.45, 7) is 13.7. The molecule has 0 aliphatic carbocycles. The standard InChI is InChI=1S/C28H41N3O4S/c1-20-11-9-12-24(16-20)19-30(23(4)27(33)29-28(5,6)7)26(32)13-10-14-31(36(8,34)35)25-17-21(2)15-22(3)18-25/h9,11-12,15-18,23H,10,13-14,19H2,1-8H3,(H,29,33)/t23-/m1/s1. The van der Waals surface area contributed by atoms with Gasteiger partial charge in [-0.25, -0.2) is 8.42 Å². The average molecular weight is 516 g/mol. The van der Waals surface area contributed by atoms with Gasteiger partial charge in [-0.05, 0) is 83.7 Å². The van der Waals surface area contributed by atoms with Crippen LogP contribution >= 0.6 is 0 Å². The Morgan fingerprint density at radius 3 is 2.11 bits per heavy atom. The van der Waals surface area contributed by atoms with Gasteiger partial charge < -0.3 is 10.2 Å². The predicted molar refractivity (Wildman–Crippen MR) is 146 cm³/mol. The molecule has 0 saturated heterocycles. The van der Waals surface area contributed by atoms with Gasteiger partial charge in [0.15, 0.2) is 0 Å². The minimum atomic E-state index is -3.53. The summed E-state index contributed by atoms with van der Waals surface area (Å²) >= 11 is 0. The van der Waals surface area contributed by atoms with Crippen molar-refractivity contribution in [2.24, 2.45) is 0 Å². The summed E-state index contributed by atoms with van der Waals surface area (Å²) in [6, 6.07) is 12.8. The van der Waals surface area contributed by atoms with Gasteiger partial charge in [0.05, 0.1) is 11.9 Å². The van der Waals surface area contributed by atoms with Gasteiger partial charge in [-0.3, -0.25) is 13.9 Å². The molecule has 0 bridgehead atoms. The molecule has 0 radical (unpaired) electrons. The third kappa shape index (κ3) is 8.97. The highest BCUT2D eigenvalue weighted by molar-refractivity contribution is 7.92. The molecule has 0 unspecified atom stereocenters. The molecule has 36 heavy (non-hydrogen) atoms. The number of aryl methyl sites for hydroxylation is 3. The van der Waals surface area contributed by atoms with Gasteiger partial charge in [0.2, 0.25) is 21.8 Å². The number of nitrogens with one attached hydrogen (secondary N) is 1. The van der Waals surface area contributed by atoms with Gasteiger partial charge in [-0.1, -0.05) is 35.9 Å². The Kier molecular flexibility index (Phi) is 9.71. The van der Waals surface area contributed by atoms with Crippen molar-refractivity contribution in [2.45, 2.75) is 79.4 Å². The molecule has 2 aromatic carbocycles. The maximum atomic E-state index is 13.4. The number of nitrogens with zero attached hydrogens (tertiary/aromatic N) is 2. The van der Waals surface area contributed by atoms with Gasteiger partial charge >= 0.3 is 0 Å². The Hall–Kier alpha value is -2.87. The molecule has 0 aromatic heterocycles. The van der Waals surface area contributed by atoms with E-state index in [1.54, 1.807) is 11.8 Å². The number of benzene rings is 2. The van der Waals surface area contributed by atoms with E-state index in [-0.39, 0.29) is 24.8 Å². The van der Waals surface area contributed by atoms with Crippen LogP contribution in [0.3, 0.4) is 0 Å². The molecular weight excluding hydrogens is 474 g/mol. The zero-order chi connectivity index (χ0) is 27.3. The molecule has 7 nitrogen and oxygen atoms in total. The minimum Gasteiger partial charge on any atom is -0.350 e. The molecule has 8 heteroatoms. The molecule has 0 fully saturated rings. The SMILES string of the molecule is Cc1cccc(CN(C(=O)CCCN(c2cc(C)cc(C)c2)S(C)(=O)=O)[C@H](C)C(=O)NC(C)(C)C)c1. The van der Waals surface area contributed by atoms with E-state index >= 15 is 0 Å². The Morgan fingerprint density at radius 2 is 1.58 bits per heavy atom. The fraction of sp³-hybridized carbons (Fsp3) is 0.500. The summed E-state index contributed by atoms with van der Waals surface area (Å²) in [7, 11) is -3.53. The minimum absolute atomic E-state index is 0.121. The van der Waals surface area contributed by atoms with E-state index in [0.717, 1.165) is 22.3 Å². The molecule has 2 rings (SSSR count). The highest BCUT2D eigenvalue weighted by Crippen LogP contribution is 2.22. The van der Waals surface area contributed by atoms with E-state index in [9.17, 15) is 18.0 Å². The number of sulfonamides is 1. The monoisotopic (exact) mass is 515 g/mol. The Balaban J connectivity index is 2.22. The third-order valence-corrected chi connectivity index (χ3v) is 6.94. The average Bonchev–Trinajstić information content (AvgIpc) is 2.71. The van der Waals surface area contributed by atoms with Gasteiger partial charge in [-0.2, -0.15) is 0 Å². The molecule has 0 saturated carbocycles. The van der Waals surface area contributed by atoms with Crippen LogP contribution < -0.4 is 9.62 Å². The van der Waals surface area contributed by atoms with E-state index in [2.05, 4.69) is 5.32 Å². The number of carbonyl (C=O) groups is 2. The summed E-state index contributed by atoms with van der Waals surface area (Å²) in [5.74, 6) is -0.418. The fourth-order valence-corrected chi connectivity index (χ4v) is 5.11. The molecule has 1 N–H and O–H groups in total. The molecule has 0 aliphatic heterocycles. The molecule has 2 aromatic rings. The lowest BCUT2D eigenvalue weighted by atomic mass is 10.1. The van der Waals surface area contributed by atoms with Crippen LogP contribution in [-0.2, 0) is 26.2 Å². The van der Waals surface area contributed by atoms with Crippen LogP contribution in [0.15, 0.2) is 42.5 Å². The second-order valence-electron chi connectivity index (χ2n) is 10.7. The first-order chi connectivity index (χ1) is 16.6. The second-order valence-corrected chi connectivity index (χ2v) is 12.6. The number of carbonyl (C=O) groups excluding carboxylic acids is 2.